The largest absolute Gasteiger partial charge is 0.298 e. The zero-order valence-corrected chi connectivity index (χ0v) is 11.4. The van der Waals surface area contributed by atoms with Crippen LogP contribution in [0.3, 0.4) is 0 Å². The Labute approximate surface area is 117 Å². The summed E-state index contributed by atoms with van der Waals surface area (Å²) in [5, 5.41) is 0.489. The lowest BCUT2D eigenvalue weighted by Crippen LogP contribution is -2.07. The lowest BCUT2D eigenvalue weighted by molar-refractivity contribution is 0.0813. The van der Waals surface area contributed by atoms with E-state index in [1.54, 1.807) is 19.3 Å². The Balaban J connectivity index is 2.34. The monoisotopic (exact) mass is 274 g/mol. The fourth-order valence-electron chi connectivity index (χ4n) is 1.76. The second kappa shape index (κ2) is 7.04. The van der Waals surface area contributed by atoms with Crippen molar-refractivity contribution in [3.8, 4) is 0 Å². The molecular weight excluding hydrogens is 260 g/mol. The second-order valence-electron chi connectivity index (χ2n) is 3.87. The molecule has 0 amide bonds. The van der Waals surface area contributed by atoms with Gasteiger partial charge in [0.1, 0.15) is 5.15 Å². The fourth-order valence-corrected chi connectivity index (χ4v) is 1.88. The average Bonchev–Trinajstić information content (AvgIpc) is 2.46. The first kappa shape index (κ1) is 13.7. The maximum atomic E-state index is 5.82. The van der Waals surface area contributed by atoms with Gasteiger partial charge in [0.05, 0.1) is 6.61 Å². The highest BCUT2D eigenvalue weighted by atomic mass is 35.5. The quantitative estimate of drug-likeness (QED) is 0.516. The van der Waals surface area contributed by atoms with E-state index in [0.29, 0.717) is 11.8 Å². The second-order valence-corrected chi connectivity index (χ2v) is 4.26. The highest BCUT2D eigenvalue weighted by Crippen LogP contribution is 2.23. The van der Waals surface area contributed by atoms with Crippen LogP contribution in [0.2, 0.25) is 5.15 Å². The molecule has 1 aromatic carbocycles. The third-order valence-electron chi connectivity index (χ3n) is 2.64. The molecule has 19 heavy (non-hydrogen) atoms. The molecule has 0 fully saturated rings. The minimum Gasteiger partial charge on any atom is -0.298 e. The molecule has 0 aliphatic carbocycles. The van der Waals surface area contributed by atoms with Crippen LogP contribution in [0.1, 0.15) is 11.1 Å². The van der Waals surface area contributed by atoms with Crippen molar-refractivity contribution < 1.29 is 4.84 Å². The smallest absolute Gasteiger partial charge is 0.129 e. The summed E-state index contributed by atoms with van der Waals surface area (Å²) in [6, 6.07) is 13.8. The topological polar surface area (TPSA) is 34.1 Å². The molecule has 1 aromatic heterocycles. The third-order valence-corrected chi connectivity index (χ3v) is 2.86. The fraction of sp³-hybridized carbons (Fsp3) is 0.133. The molecule has 1 heterocycles. The molecule has 0 saturated carbocycles. The van der Waals surface area contributed by atoms with Crippen molar-refractivity contribution in [3.05, 3.63) is 71.0 Å². The van der Waals surface area contributed by atoms with Crippen molar-refractivity contribution in [3.63, 3.8) is 0 Å². The van der Waals surface area contributed by atoms with E-state index in [9.17, 15) is 0 Å². The molecule has 0 unspecified atom stereocenters. The number of hydrogen-bond donors (Lipinski definition) is 1. The summed E-state index contributed by atoms with van der Waals surface area (Å²) >= 11 is 5.82. The number of hydrogen-bond acceptors (Lipinski definition) is 3. The van der Waals surface area contributed by atoms with Gasteiger partial charge in [-0.3, -0.25) is 4.84 Å². The summed E-state index contributed by atoms with van der Waals surface area (Å²) in [6.45, 7) is 0.476. The number of aromatic nitrogens is 1. The molecule has 0 aliphatic rings. The van der Waals surface area contributed by atoms with Crippen LogP contribution in [0.4, 0.5) is 0 Å². The van der Waals surface area contributed by atoms with E-state index >= 15 is 0 Å². The summed E-state index contributed by atoms with van der Waals surface area (Å²) in [6.07, 6.45) is 3.78. The van der Waals surface area contributed by atoms with Crippen LogP contribution in [-0.4, -0.2) is 18.6 Å². The van der Waals surface area contributed by atoms with Gasteiger partial charge in [-0.2, -0.15) is 0 Å². The van der Waals surface area contributed by atoms with E-state index in [1.807, 2.05) is 30.3 Å². The molecule has 0 spiro atoms. The van der Waals surface area contributed by atoms with Crippen LogP contribution in [0.15, 0.2) is 54.7 Å². The highest BCUT2D eigenvalue weighted by molar-refractivity contribution is 6.29. The van der Waals surface area contributed by atoms with Gasteiger partial charge in [-0.25, -0.2) is 10.5 Å². The van der Waals surface area contributed by atoms with Gasteiger partial charge in [0.15, 0.2) is 0 Å². The number of nitrogens with one attached hydrogen (secondary N) is 1. The molecular formula is C15H15ClN2O. The van der Waals surface area contributed by atoms with E-state index in [0.717, 1.165) is 16.7 Å². The minimum atomic E-state index is 0.476. The van der Waals surface area contributed by atoms with Gasteiger partial charge in [0, 0.05) is 18.8 Å². The van der Waals surface area contributed by atoms with Gasteiger partial charge >= 0.3 is 0 Å². The predicted octanol–water partition coefficient (Wildman–Crippen LogP) is 3.32. The van der Waals surface area contributed by atoms with E-state index in [1.165, 1.54) is 0 Å². The number of benzene rings is 1. The lowest BCUT2D eigenvalue weighted by Gasteiger charge is -2.08. The summed E-state index contributed by atoms with van der Waals surface area (Å²) in [4.78, 5) is 9.28. The van der Waals surface area contributed by atoms with Crippen molar-refractivity contribution in [2.24, 2.45) is 0 Å². The van der Waals surface area contributed by atoms with Crippen LogP contribution in [0.5, 0.6) is 0 Å². The molecule has 3 nitrogen and oxygen atoms in total. The molecule has 4 heteroatoms. The van der Waals surface area contributed by atoms with Gasteiger partial charge < -0.3 is 0 Å². The zero-order chi connectivity index (χ0) is 13.5. The number of rotatable bonds is 5. The average molecular weight is 275 g/mol. The zero-order valence-electron chi connectivity index (χ0n) is 10.6. The first-order valence-electron chi connectivity index (χ1n) is 5.97. The van der Waals surface area contributed by atoms with Crippen molar-refractivity contribution >= 4 is 17.2 Å². The Kier molecular flexibility index (Phi) is 5.10. The first-order chi connectivity index (χ1) is 9.31. The lowest BCUT2D eigenvalue weighted by atomic mass is 9.99. The molecule has 98 valence electrons. The van der Waals surface area contributed by atoms with Crippen LogP contribution in [0, 0.1) is 0 Å². The maximum absolute atomic E-state index is 5.82. The molecule has 0 bridgehead atoms. The standard InChI is InChI=1S/C15H15ClN2O/c1-17-19-10-9-14(12-5-3-2-4-6-12)13-7-8-15(16)18-11-13/h2-9,11,17H,10H2,1H3/b14-9+. The van der Waals surface area contributed by atoms with E-state index in [4.69, 9.17) is 16.4 Å². The van der Waals surface area contributed by atoms with Crippen molar-refractivity contribution in [2.45, 2.75) is 0 Å². The van der Waals surface area contributed by atoms with Crippen LogP contribution >= 0.6 is 11.6 Å². The molecule has 1 N–H and O–H groups in total. The first-order valence-corrected chi connectivity index (χ1v) is 6.35. The Hall–Kier alpha value is -1.68. The van der Waals surface area contributed by atoms with Crippen molar-refractivity contribution in [1.29, 1.82) is 0 Å². The number of nitrogens with zero attached hydrogens (tertiary/aromatic N) is 1. The maximum Gasteiger partial charge on any atom is 0.129 e. The van der Waals surface area contributed by atoms with Crippen molar-refractivity contribution in [1.82, 2.24) is 10.5 Å². The van der Waals surface area contributed by atoms with Gasteiger partial charge in [-0.05, 0) is 29.3 Å². The summed E-state index contributed by atoms with van der Waals surface area (Å²) in [7, 11) is 1.74. The Bertz CT molecular complexity index is 538. The molecule has 0 atom stereocenters. The Morgan fingerprint density at radius 1 is 1.21 bits per heavy atom. The third kappa shape index (κ3) is 3.89. The van der Waals surface area contributed by atoms with Crippen LogP contribution < -0.4 is 5.48 Å². The summed E-state index contributed by atoms with van der Waals surface area (Å²) < 4.78 is 0. The van der Waals surface area contributed by atoms with Gasteiger partial charge in [0.2, 0.25) is 0 Å². The van der Waals surface area contributed by atoms with Gasteiger partial charge in [0.25, 0.3) is 0 Å². The van der Waals surface area contributed by atoms with Crippen LogP contribution in [-0.2, 0) is 4.84 Å². The van der Waals surface area contributed by atoms with Crippen LogP contribution in [0.25, 0.3) is 5.57 Å². The molecule has 2 aromatic rings. The number of halogens is 1. The molecule has 0 radical (unpaired) electrons. The summed E-state index contributed by atoms with van der Waals surface area (Å²) in [5.41, 5.74) is 5.85. The normalized spacial score (nSPS) is 11.6. The molecule has 0 saturated heterocycles. The van der Waals surface area contributed by atoms with E-state index in [-0.39, 0.29) is 0 Å². The SMILES string of the molecule is CNOC/C=C(\c1ccccc1)c1ccc(Cl)nc1. The Morgan fingerprint density at radius 2 is 2.00 bits per heavy atom. The van der Waals surface area contributed by atoms with Gasteiger partial charge in [-0.15, -0.1) is 0 Å². The summed E-state index contributed by atoms with van der Waals surface area (Å²) in [5.74, 6) is 0. The number of hydroxylamine groups is 1. The Morgan fingerprint density at radius 3 is 2.63 bits per heavy atom. The van der Waals surface area contributed by atoms with E-state index in [2.05, 4.69) is 22.6 Å². The van der Waals surface area contributed by atoms with Crippen molar-refractivity contribution in [2.75, 3.05) is 13.7 Å². The molecule has 2 rings (SSSR count). The minimum absolute atomic E-state index is 0.476. The predicted molar refractivity (Wildman–Crippen MR) is 77.8 cm³/mol. The number of pyridine rings is 1. The van der Waals surface area contributed by atoms with Gasteiger partial charge in [-0.1, -0.05) is 41.9 Å². The van der Waals surface area contributed by atoms with E-state index < -0.39 is 0 Å². The molecule has 0 aliphatic heterocycles. The highest BCUT2D eigenvalue weighted by Gasteiger charge is 2.05.